The maximum Gasteiger partial charge on any atom is 0.338 e. The second-order valence-corrected chi connectivity index (χ2v) is 5.73. The molecule has 10 nitrogen and oxygen atoms in total. The maximum absolute atomic E-state index is 12.1. The summed E-state index contributed by atoms with van der Waals surface area (Å²) in [7, 11) is 1.28. The summed E-state index contributed by atoms with van der Waals surface area (Å²) in [5.41, 5.74) is 1.18. The molecule has 1 heterocycles. The van der Waals surface area contributed by atoms with Gasteiger partial charge in [0.2, 0.25) is 0 Å². The lowest BCUT2D eigenvalue weighted by molar-refractivity contribution is -0.385. The number of fused-ring (bicyclic) bond motifs is 1. The molecule has 0 saturated carbocycles. The summed E-state index contributed by atoms with van der Waals surface area (Å²) < 4.78 is 17.9. The molecule has 0 spiro atoms. The minimum absolute atomic E-state index is 0.0132. The molecule has 0 bridgehead atoms. The van der Waals surface area contributed by atoms with E-state index in [2.05, 4.69) is 14.1 Å². The highest BCUT2D eigenvalue weighted by Gasteiger charge is 2.19. The van der Waals surface area contributed by atoms with Crippen LogP contribution in [0, 0.1) is 10.1 Å². The average molecular weight is 388 g/mol. The van der Waals surface area contributed by atoms with E-state index in [1.807, 2.05) is 0 Å². The van der Waals surface area contributed by atoms with E-state index in [1.54, 1.807) is 18.2 Å². The average Bonchev–Trinajstić information content (AvgIpc) is 3.15. The van der Waals surface area contributed by atoms with Crippen molar-refractivity contribution in [1.82, 2.24) is 8.75 Å². The van der Waals surface area contributed by atoms with Gasteiger partial charge in [0.05, 0.1) is 35.0 Å². The van der Waals surface area contributed by atoms with Crippen LogP contribution in [0.15, 0.2) is 36.4 Å². The fourth-order valence-corrected chi connectivity index (χ4v) is 2.82. The zero-order valence-electron chi connectivity index (χ0n) is 13.9. The zero-order valence-corrected chi connectivity index (χ0v) is 14.7. The van der Waals surface area contributed by atoms with Crippen molar-refractivity contribution in [1.29, 1.82) is 0 Å². The van der Waals surface area contributed by atoms with Crippen molar-refractivity contribution in [2.75, 3.05) is 19.0 Å². The first-order valence-electron chi connectivity index (χ1n) is 7.50. The third-order valence-corrected chi connectivity index (χ3v) is 4.05. The number of amides is 1. The number of hydrogen-bond donors (Lipinski definition) is 1. The van der Waals surface area contributed by atoms with Gasteiger partial charge >= 0.3 is 11.7 Å². The van der Waals surface area contributed by atoms with Crippen molar-refractivity contribution < 1.29 is 24.0 Å². The largest absolute Gasteiger partial charge is 0.490 e. The Bertz CT molecular complexity index is 1030. The fourth-order valence-electron chi connectivity index (χ4n) is 2.27. The van der Waals surface area contributed by atoms with Gasteiger partial charge in [-0.3, -0.25) is 14.9 Å². The van der Waals surface area contributed by atoms with Crippen LogP contribution in [0.25, 0.3) is 11.0 Å². The number of methoxy groups -OCH3 is 1. The number of esters is 1. The van der Waals surface area contributed by atoms with Crippen LogP contribution in [0.4, 0.5) is 11.4 Å². The molecule has 0 atom stereocenters. The van der Waals surface area contributed by atoms with Crippen LogP contribution < -0.4 is 10.1 Å². The topological polar surface area (TPSA) is 134 Å². The van der Waals surface area contributed by atoms with Crippen LogP contribution in [-0.4, -0.2) is 39.3 Å². The standard InChI is InChI=1S/C16H12N4O6S/c1-25-13-6-5-9(7-12(13)20(23)24)16(22)26-8-14(21)17-10-3-2-4-11-15(10)19-27-18-11/h2-7H,8H2,1H3,(H,17,21). The van der Waals surface area contributed by atoms with Crippen LogP contribution in [0.1, 0.15) is 10.4 Å². The van der Waals surface area contributed by atoms with Crippen molar-refractivity contribution in [3.05, 3.63) is 52.1 Å². The number of carbonyl (C=O) groups excluding carboxylic acids is 2. The Morgan fingerprint density at radius 3 is 2.81 bits per heavy atom. The van der Waals surface area contributed by atoms with Gasteiger partial charge in [0.1, 0.15) is 11.0 Å². The van der Waals surface area contributed by atoms with Crippen LogP contribution in [0.5, 0.6) is 5.75 Å². The first kappa shape index (κ1) is 18.2. The number of nitro benzene ring substituents is 1. The van der Waals surface area contributed by atoms with Gasteiger partial charge in [0.15, 0.2) is 12.4 Å². The SMILES string of the molecule is COc1ccc(C(=O)OCC(=O)Nc2cccc3nsnc23)cc1[N+](=O)[O-]. The highest BCUT2D eigenvalue weighted by molar-refractivity contribution is 7.00. The van der Waals surface area contributed by atoms with E-state index in [0.29, 0.717) is 16.7 Å². The molecule has 0 fully saturated rings. The molecule has 27 heavy (non-hydrogen) atoms. The third kappa shape index (κ3) is 3.98. The quantitative estimate of drug-likeness (QED) is 0.386. The van der Waals surface area contributed by atoms with Gasteiger partial charge in [-0.15, -0.1) is 0 Å². The number of aromatic nitrogens is 2. The smallest absolute Gasteiger partial charge is 0.338 e. The summed E-state index contributed by atoms with van der Waals surface area (Å²) in [6.45, 7) is -0.563. The molecule has 0 aliphatic carbocycles. The van der Waals surface area contributed by atoms with Crippen molar-refractivity contribution >= 4 is 46.0 Å². The number of benzene rings is 2. The summed E-state index contributed by atoms with van der Waals surface area (Å²) in [6, 6.07) is 8.74. The fraction of sp³-hybridized carbons (Fsp3) is 0.125. The molecule has 138 valence electrons. The molecular formula is C16H12N4O6S. The highest BCUT2D eigenvalue weighted by atomic mass is 32.1. The molecular weight excluding hydrogens is 376 g/mol. The lowest BCUT2D eigenvalue weighted by Gasteiger charge is -2.08. The number of carbonyl (C=O) groups is 2. The van der Waals surface area contributed by atoms with Crippen LogP contribution in [-0.2, 0) is 9.53 Å². The molecule has 0 saturated heterocycles. The molecule has 3 rings (SSSR count). The Morgan fingerprint density at radius 2 is 2.07 bits per heavy atom. The first-order chi connectivity index (χ1) is 13.0. The zero-order chi connectivity index (χ0) is 19.4. The monoisotopic (exact) mass is 388 g/mol. The summed E-state index contributed by atoms with van der Waals surface area (Å²) in [5.74, 6) is -1.43. The number of ether oxygens (including phenoxy) is 2. The van der Waals surface area contributed by atoms with Gasteiger partial charge in [0, 0.05) is 6.07 Å². The van der Waals surface area contributed by atoms with E-state index in [1.165, 1.54) is 19.2 Å². The Kier molecular flexibility index (Phi) is 5.22. The molecule has 1 N–H and O–H groups in total. The molecule has 11 heteroatoms. The van der Waals surface area contributed by atoms with Gasteiger partial charge in [0.25, 0.3) is 5.91 Å². The van der Waals surface area contributed by atoms with Crippen molar-refractivity contribution in [3.8, 4) is 5.75 Å². The second kappa shape index (κ2) is 7.74. The van der Waals surface area contributed by atoms with E-state index in [9.17, 15) is 19.7 Å². The molecule has 1 amide bonds. The molecule has 0 unspecified atom stereocenters. The number of nitro groups is 1. The number of rotatable bonds is 6. The molecule has 2 aromatic carbocycles. The molecule has 1 aromatic heterocycles. The minimum Gasteiger partial charge on any atom is -0.490 e. The Morgan fingerprint density at radius 1 is 1.26 bits per heavy atom. The Hall–Kier alpha value is -3.60. The first-order valence-corrected chi connectivity index (χ1v) is 8.23. The van der Waals surface area contributed by atoms with Gasteiger partial charge in [-0.25, -0.2) is 4.79 Å². The van der Waals surface area contributed by atoms with Crippen molar-refractivity contribution in [3.63, 3.8) is 0 Å². The summed E-state index contributed by atoms with van der Waals surface area (Å²) >= 11 is 1.01. The predicted octanol–water partition coefficient (Wildman–Crippen LogP) is 2.40. The van der Waals surface area contributed by atoms with Gasteiger partial charge in [-0.2, -0.15) is 8.75 Å². The number of nitrogens with zero attached hydrogens (tertiary/aromatic N) is 3. The van der Waals surface area contributed by atoms with E-state index in [0.717, 1.165) is 17.8 Å². The van der Waals surface area contributed by atoms with E-state index < -0.39 is 23.4 Å². The minimum atomic E-state index is -0.871. The van der Waals surface area contributed by atoms with Crippen LogP contribution in [0.2, 0.25) is 0 Å². The lowest BCUT2D eigenvalue weighted by Crippen LogP contribution is -2.21. The molecule has 0 radical (unpaired) electrons. The number of nitrogens with one attached hydrogen (secondary N) is 1. The lowest BCUT2D eigenvalue weighted by atomic mass is 10.2. The van der Waals surface area contributed by atoms with Gasteiger partial charge in [-0.05, 0) is 24.3 Å². The van der Waals surface area contributed by atoms with Gasteiger partial charge in [-0.1, -0.05) is 6.07 Å². The van der Waals surface area contributed by atoms with Gasteiger partial charge < -0.3 is 14.8 Å². The normalized spacial score (nSPS) is 10.4. The van der Waals surface area contributed by atoms with E-state index >= 15 is 0 Å². The number of hydrogen-bond acceptors (Lipinski definition) is 9. The summed E-state index contributed by atoms with van der Waals surface area (Å²) in [4.78, 5) is 34.4. The highest BCUT2D eigenvalue weighted by Crippen LogP contribution is 2.27. The van der Waals surface area contributed by atoms with E-state index in [4.69, 9.17) is 9.47 Å². The second-order valence-electron chi connectivity index (χ2n) is 5.21. The molecule has 0 aliphatic heterocycles. The molecule has 3 aromatic rings. The Balaban J connectivity index is 1.65. The summed E-state index contributed by atoms with van der Waals surface area (Å²) in [6.07, 6.45) is 0. The van der Waals surface area contributed by atoms with E-state index in [-0.39, 0.29) is 17.0 Å². The Labute approximate surface area is 156 Å². The van der Waals surface area contributed by atoms with Crippen molar-refractivity contribution in [2.24, 2.45) is 0 Å². The predicted molar refractivity (Wildman–Crippen MR) is 96.0 cm³/mol. The third-order valence-electron chi connectivity index (χ3n) is 3.51. The summed E-state index contributed by atoms with van der Waals surface area (Å²) in [5, 5.41) is 13.6. The van der Waals surface area contributed by atoms with Crippen LogP contribution >= 0.6 is 11.7 Å². The van der Waals surface area contributed by atoms with Crippen molar-refractivity contribution in [2.45, 2.75) is 0 Å². The maximum atomic E-state index is 12.1. The molecule has 0 aliphatic rings. The number of anilines is 1. The van der Waals surface area contributed by atoms with Crippen LogP contribution in [0.3, 0.4) is 0 Å².